The van der Waals surface area contributed by atoms with Crippen molar-refractivity contribution in [2.75, 3.05) is 0 Å². The number of hydrogen-bond acceptors (Lipinski definition) is 1. The molecule has 0 aliphatic heterocycles. The molecule has 0 heterocycles. The zero-order chi connectivity index (χ0) is 9.68. The zero-order valence-electron chi connectivity index (χ0n) is 7.09. The van der Waals surface area contributed by atoms with Crippen molar-refractivity contribution in [2.24, 2.45) is 0 Å². The topological polar surface area (TPSA) is 37.3 Å². The highest BCUT2D eigenvalue weighted by molar-refractivity contribution is 5.66. The predicted molar refractivity (Wildman–Crippen MR) is 45.8 cm³/mol. The van der Waals surface area contributed by atoms with E-state index in [2.05, 4.69) is 6.07 Å². The number of halogens is 1. The maximum atomic E-state index is 12.9. The third-order valence-corrected chi connectivity index (χ3v) is 1.73. The van der Waals surface area contributed by atoms with Gasteiger partial charge in [0.1, 0.15) is 5.82 Å². The number of benzene rings is 1. The van der Waals surface area contributed by atoms with Gasteiger partial charge >= 0.3 is 5.97 Å². The minimum absolute atomic E-state index is 0.0814. The van der Waals surface area contributed by atoms with Gasteiger partial charge in [-0.2, -0.15) is 0 Å². The van der Waals surface area contributed by atoms with Gasteiger partial charge in [-0.05, 0) is 30.5 Å². The first-order chi connectivity index (χ1) is 6.20. The minimum atomic E-state index is -0.845. The molecule has 1 aromatic carbocycles. The molecule has 1 rings (SSSR count). The van der Waals surface area contributed by atoms with Crippen molar-refractivity contribution < 1.29 is 14.3 Å². The molecule has 0 bridgehead atoms. The second kappa shape index (κ2) is 4.60. The summed E-state index contributed by atoms with van der Waals surface area (Å²) in [6, 6.07) is 7.12. The first-order valence-electron chi connectivity index (χ1n) is 4.06. The van der Waals surface area contributed by atoms with E-state index < -0.39 is 5.97 Å². The summed E-state index contributed by atoms with van der Waals surface area (Å²) in [5.41, 5.74) is 0.556. The van der Waals surface area contributed by atoms with Gasteiger partial charge in [0.25, 0.3) is 0 Å². The fourth-order valence-electron chi connectivity index (χ4n) is 1.08. The molecule has 3 heteroatoms. The van der Waals surface area contributed by atoms with Crippen molar-refractivity contribution in [3.05, 3.63) is 35.6 Å². The van der Waals surface area contributed by atoms with Crippen LogP contribution in [0.15, 0.2) is 18.2 Å². The van der Waals surface area contributed by atoms with Crippen LogP contribution in [-0.4, -0.2) is 11.1 Å². The van der Waals surface area contributed by atoms with E-state index in [-0.39, 0.29) is 12.2 Å². The Balaban J connectivity index is 2.45. The number of carboxylic acids is 1. The number of carbonyl (C=O) groups is 1. The molecular formula is C10H10FO2. The van der Waals surface area contributed by atoms with Gasteiger partial charge in [-0.1, -0.05) is 12.1 Å². The maximum absolute atomic E-state index is 12.9. The lowest BCUT2D eigenvalue weighted by molar-refractivity contribution is -0.137. The Hall–Kier alpha value is -1.38. The van der Waals surface area contributed by atoms with E-state index in [1.165, 1.54) is 6.07 Å². The molecule has 0 aliphatic carbocycles. The Kier molecular flexibility index (Phi) is 3.43. The van der Waals surface area contributed by atoms with Crippen molar-refractivity contribution in [3.8, 4) is 0 Å². The van der Waals surface area contributed by atoms with E-state index in [9.17, 15) is 9.18 Å². The van der Waals surface area contributed by atoms with Crippen LogP contribution >= 0.6 is 0 Å². The van der Waals surface area contributed by atoms with Crippen LogP contribution in [0.25, 0.3) is 0 Å². The van der Waals surface area contributed by atoms with Gasteiger partial charge in [0, 0.05) is 6.42 Å². The molecule has 0 aliphatic rings. The molecular weight excluding hydrogens is 171 g/mol. The molecule has 0 spiro atoms. The van der Waals surface area contributed by atoms with Crippen molar-refractivity contribution in [2.45, 2.75) is 19.3 Å². The summed E-state index contributed by atoms with van der Waals surface area (Å²) in [5, 5.41) is 8.36. The lowest BCUT2D eigenvalue weighted by Crippen LogP contribution is -1.97. The SMILES string of the molecule is O=C(O)CCCc1cc[c]cc1F. The van der Waals surface area contributed by atoms with Crippen molar-refractivity contribution in [1.82, 2.24) is 0 Å². The van der Waals surface area contributed by atoms with E-state index in [0.717, 1.165) is 0 Å². The average molecular weight is 181 g/mol. The summed E-state index contributed by atoms with van der Waals surface area (Å²) in [7, 11) is 0. The Labute approximate surface area is 76.0 Å². The first kappa shape index (κ1) is 9.71. The third kappa shape index (κ3) is 3.23. The van der Waals surface area contributed by atoms with Crippen LogP contribution in [0.1, 0.15) is 18.4 Å². The first-order valence-corrected chi connectivity index (χ1v) is 4.06. The molecule has 1 aromatic rings. The molecule has 0 amide bonds. The highest BCUT2D eigenvalue weighted by Gasteiger charge is 2.02. The number of rotatable bonds is 4. The smallest absolute Gasteiger partial charge is 0.303 e. The zero-order valence-corrected chi connectivity index (χ0v) is 7.09. The lowest BCUT2D eigenvalue weighted by Gasteiger charge is -2.00. The number of carboxylic acid groups (broad SMARTS) is 1. The van der Waals surface area contributed by atoms with Gasteiger partial charge in [0.15, 0.2) is 0 Å². The van der Waals surface area contributed by atoms with E-state index in [1.54, 1.807) is 12.1 Å². The van der Waals surface area contributed by atoms with Gasteiger partial charge in [-0.3, -0.25) is 4.79 Å². The quantitative estimate of drug-likeness (QED) is 0.771. The summed E-state index contributed by atoms with van der Waals surface area (Å²) >= 11 is 0. The fraction of sp³-hybridized carbons (Fsp3) is 0.300. The molecule has 69 valence electrons. The molecule has 13 heavy (non-hydrogen) atoms. The second-order valence-electron chi connectivity index (χ2n) is 2.76. The van der Waals surface area contributed by atoms with Gasteiger partial charge in [0.2, 0.25) is 0 Å². The van der Waals surface area contributed by atoms with Crippen LogP contribution in [-0.2, 0) is 11.2 Å². The van der Waals surface area contributed by atoms with Crippen LogP contribution in [0.4, 0.5) is 4.39 Å². The van der Waals surface area contributed by atoms with Gasteiger partial charge in [-0.25, -0.2) is 4.39 Å². The van der Waals surface area contributed by atoms with Gasteiger partial charge in [-0.15, -0.1) is 0 Å². The summed E-state index contributed by atoms with van der Waals surface area (Å²) in [4.78, 5) is 10.2. The number of hydrogen-bond donors (Lipinski definition) is 1. The van der Waals surface area contributed by atoms with Crippen LogP contribution in [0.5, 0.6) is 0 Å². The summed E-state index contributed by atoms with van der Waals surface area (Å²) in [6.45, 7) is 0. The highest BCUT2D eigenvalue weighted by Crippen LogP contribution is 2.09. The monoisotopic (exact) mass is 181 g/mol. The van der Waals surface area contributed by atoms with Crippen LogP contribution in [0, 0.1) is 11.9 Å². The molecule has 1 radical (unpaired) electrons. The molecule has 0 unspecified atom stereocenters. The fourth-order valence-corrected chi connectivity index (χ4v) is 1.08. The predicted octanol–water partition coefficient (Wildman–Crippen LogP) is 2.03. The lowest BCUT2D eigenvalue weighted by atomic mass is 10.1. The van der Waals surface area contributed by atoms with E-state index >= 15 is 0 Å². The van der Waals surface area contributed by atoms with Crippen LogP contribution < -0.4 is 0 Å². The molecule has 1 N–H and O–H groups in total. The van der Waals surface area contributed by atoms with Crippen LogP contribution in [0.2, 0.25) is 0 Å². The van der Waals surface area contributed by atoms with Crippen molar-refractivity contribution >= 4 is 5.97 Å². The van der Waals surface area contributed by atoms with Crippen LogP contribution in [0.3, 0.4) is 0 Å². The summed E-state index contributed by atoms with van der Waals surface area (Å²) < 4.78 is 12.9. The largest absolute Gasteiger partial charge is 0.481 e. The van der Waals surface area contributed by atoms with Crippen molar-refractivity contribution in [1.29, 1.82) is 0 Å². The Morgan fingerprint density at radius 2 is 2.38 bits per heavy atom. The van der Waals surface area contributed by atoms with E-state index in [0.29, 0.717) is 18.4 Å². The molecule has 0 saturated carbocycles. The Morgan fingerprint density at radius 3 is 3.00 bits per heavy atom. The minimum Gasteiger partial charge on any atom is -0.481 e. The summed E-state index contributed by atoms with van der Waals surface area (Å²) in [6.07, 6.45) is 1.02. The molecule has 2 nitrogen and oxygen atoms in total. The standard InChI is InChI=1S/C10H10FO2/c11-9-6-2-1-4-8(9)5-3-7-10(12)13/h1,4,6H,3,5,7H2,(H,12,13). The Morgan fingerprint density at radius 1 is 1.62 bits per heavy atom. The molecule has 0 aromatic heterocycles. The molecule has 0 fully saturated rings. The van der Waals surface area contributed by atoms with E-state index in [4.69, 9.17) is 5.11 Å². The number of aryl methyl sites for hydroxylation is 1. The average Bonchev–Trinajstić information content (AvgIpc) is 2.08. The third-order valence-electron chi connectivity index (χ3n) is 1.73. The second-order valence-corrected chi connectivity index (χ2v) is 2.76. The van der Waals surface area contributed by atoms with Gasteiger partial charge in [0.05, 0.1) is 0 Å². The Bertz CT molecular complexity index is 297. The highest BCUT2D eigenvalue weighted by atomic mass is 19.1. The normalized spacial score (nSPS) is 9.92. The van der Waals surface area contributed by atoms with Crippen molar-refractivity contribution in [3.63, 3.8) is 0 Å². The van der Waals surface area contributed by atoms with E-state index in [1.807, 2.05) is 0 Å². The van der Waals surface area contributed by atoms with Gasteiger partial charge < -0.3 is 5.11 Å². The maximum Gasteiger partial charge on any atom is 0.303 e. The summed E-state index contributed by atoms with van der Waals surface area (Å²) in [5.74, 6) is -1.16. The number of aliphatic carboxylic acids is 1. The molecule has 0 atom stereocenters. The molecule has 0 saturated heterocycles.